The second-order valence-electron chi connectivity index (χ2n) is 7.76. The Morgan fingerprint density at radius 3 is 2.62 bits per heavy atom. The lowest BCUT2D eigenvalue weighted by molar-refractivity contribution is -0.116. The fourth-order valence-electron chi connectivity index (χ4n) is 3.42. The van der Waals surface area contributed by atoms with Crippen molar-refractivity contribution in [3.05, 3.63) is 94.8 Å². The Hall–Kier alpha value is -3.32. The van der Waals surface area contributed by atoms with Gasteiger partial charge in [0.2, 0.25) is 5.91 Å². The molecule has 32 heavy (non-hydrogen) atoms. The van der Waals surface area contributed by atoms with Gasteiger partial charge in [-0.15, -0.1) is 0 Å². The maximum atomic E-state index is 13.3. The number of benzene rings is 3. The largest absolute Gasteiger partial charge is 0.371 e. The SMILES string of the molecule is Cc1ccc(CNC(=O)c2ccc3c(c2)NC(=O)C(CSCc2cccc(F)c2)N3)cc1. The predicted octanol–water partition coefficient (Wildman–Crippen LogP) is 4.73. The van der Waals surface area contributed by atoms with Crippen molar-refractivity contribution in [1.82, 2.24) is 5.32 Å². The molecule has 0 aliphatic carbocycles. The van der Waals surface area contributed by atoms with Crippen LogP contribution in [0.5, 0.6) is 0 Å². The first-order valence-electron chi connectivity index (χ1n) is 10.4. The molecule has 0 saturated heterocycles. The van der Waals surface area contributed by atoms with E-state index in [1.165, 1.54) is 17.7 Å². The molecule has 0 fully saturated rings. The highest BCUT2D eigenvalue weighted by Crippen LogP contribution is 2.29. The third-order valence-corrected chi connectivity index (χ3v) is 6.31. The minimum absolute atomic E-state index is 0.151. The summed E-state index contributed by atoms with van der Waals surface area (Å²) in [5.41, 5.74) is 4.92. The highest BCUT2D eigenvalue weighted by molar-refractivity contribution is 7.98. The Morgan fingerprint density at radius 1 is 1.03 bits per heavy atom. The van der Waals surface area contributed by atoms with Crippen LogP contribution in [-0.4, -0.2) is 23.6 Å². The number of fused-ring (bicyclic) bond motifs is 1. The average molecular weight is 450 g/mol. The summed E-state index contributed by atoms with van der Waals surface area (Å²) in [7, 11) is 0. The second-order valence-corrected chi connectivity index (χ2v) is 8.79. The van der Waals surface area contributed by atoms with E-state index in [-0.39, 0.29) is 17.6 Å². The maximum Gasteiger partial charge on any atom is 0.251 e. The molecule has 1 atom stereocenters. The van der Waals surface area contributed by atoms with Crippen molar-refractivity contribution in [1.29, 1.82) is 0 Å². The zero-order valence-electron chi connectivity index (χ0n) is 17.7. The smallest absolute Gasteiger partial charge is 0.251 e. The van der Waals surface area contributed by atoms with Gasteiger partial charge in [-0.25, -0.2) is 4.39 Å². The van der Waals surface area contributed by atoms with Gasteiger partial charge in [0.1, 0.15) is 11.9 Å². The van der Waals surface area contributed by atoms with Gasteiger partial charge in [-0.3, -0.25) is 9.59 Å². The van der Waals surface area contributed by atoms with E-state index in [0.717, 1.165) is 16.8 Å². The van der Waals surface area contributed by atoms with Crippen LogP contribution in [0.15, 0.2) is 66.7 Å². The molecular weight excluding hydrogens is 425 g/mol. The summed E-state index contributed by atoms with van der Waals surface area (Å²) < 4.78 is 13.3. The van der Waals surface area contributed by atoms with E-state index in [4.69, 9.17) is 0 Å². The zero-order chi connectivity index (χ0) is 22.5. The molecule has 1 aliphatic heterocycles. The molecule has 2 amide bonds. The Morgan fingerprint density at radius 2 is 1.84 bits per heavy atom. The summed E-state index contributed by atoms with van der Waals surface area (Å²) in [6, 6.07) is 19.3. The normalized spacial score (nSPS) is 14.8. The third kappa shape index (κ3) is 5.48. The molecule has 0 saturated carbocycles. The number of carbonyl (C=O) groups excluding carboxylic acids is 2. The third-order valence-electron chi connectivity index (χ3n) is 5.20. The highest BCUT2D eigenvalue weighted by Gasteiger charge is 2.26. The van der Waals surface area contributed by atoms with Crippen LogP contribution in [-0.2, 0) is 17.1 Å². The van der Waals surface area contributed by atoms with Crippen molar-refractivity contribution in [3.63, 3.8) is 0 Å². The van der Waals surface area contributed by atoms with Crippen LogP contribution in [0.3, 0.4) is 0 Å². The summed E-state index contributed by atoms with van der Waals surface area (Å²) in [6.45, 7) is 2.46. The summed E-state index contributed by atoms with van der Waals surface area (Å²) in [5, 5.41) is 9.03. The number of halogens is 1. The predicted molar refractivity (Wildman–Crippen MR) is 127 cm³/mol. The van der Waals surface area contributed by atoms with Crippen molar-refractivity contribution < 1.29 is 14.0 Å². The van der Waals surface area contributed by atoms with Gasteiger partial charge in [0, 0.05) is 23.6 Å². The number of rotatable bonds is 7. The molecule has 164 valence electrons. The van der Waals surface area contributed by atoms with Gasteiger partial charge in [-0.05, 0) is 48.4 Å². The minimum atomic E-state index is -0.401. The number of hydrogen-bond acceptors (Lipinski definition) is 4. The fraction of sp³-hybridized carbons (Fsp3) is 0.200. The number of nitrogens with one attached hydrogen (secondary N) is 3. The van der Waals surface area contributed by atoms with Gasteiger partial charge in [-0.2, -0.15) is 11.8 Å². The lowest BCUT2D eigenvalue weighted by atomic mass is 10.1. The first-order valence-corrected chi connectivity index (χ1v) is 11.5. The van der Waals surface area contributed by atoms with Gasteiger partial charge in [0.15, 0.2) is 0 Å². The number of carbonyl (C=O) groups is 2. The van der Waals surface area contributed by atoms with E-state index < -0.39 is 6.04 Å². The second kappa shape index (κ2) is 9.87. The van der Waals surface area contributed by atoms with E-state index >= 15 is 0 Å². The van der Waals surface area contributed by atoms with Gasteiger partial charge in [0.05, 0.1) is 11.4 Å². The van der Waals surface area contributed by atoms with Gasteiger partial charge < -0.3 is 16.0 Å². The summed E-state index contributed by atoms with van der Waals surface area (Å²) in [6.07, 6.45) is 0. The van der Waals surface area contributed by atoms with E-state index in [9.17, 15) is 14.0 Å². The quantitative estimate of drug-likeness (QED) is 0.488. The molecule has 3 aromatic carbocycles. The topological polar surface area (TPSA) is 70.2 Å². The molecule has 7 heteroatoms. The van der Waals surface area contributed by atoms with Gasteiger partial charge >= 0.3 is 0 Å². The monoisotopic (exact) mass is 449 g/mol. The van der Waals surface area contributed by atoms with Crippen LogP contribution in [0.2, 0.25) is 0 Å². The number of amides is 2. The molecule has 0 bridgehead atoms. The highest BCUT2D eigenvalue weighted by atomic mass is 32.2. The Bertz CT molecular complexity index is 1130. The fourth-order valence-corrected chi connectivity index (χ4v) is 4.42. The van der Waals surface area contributed by atoms with E-state index in [0.29, 0.717) is 29.3 Å². The number of anilines is 2. The lowest BCUT2D eigenvalue weighted by Crippen LogP contribution is -2.40. The van der Waals surface area contributed by atoms with Gasteiger partial charge in [0.25, 0.3) is 5.91 Å². The van der Waals surface area contributed by atoms with Crippen molar-refractivity contribution in [3.8, 4) is 0 Å². The van der Waals surface area contributed by atoms with E-state index in [1.807, 2.05) is 37.3 Å². The molecule has 3 N–H and O–H groups in total. The van der Waals surface area contributed by atoms with Gasteiger partial charge in [-0.1, -0.05) is 42.0 Å². The molecular formula is C25H24FN3O2S. The van der Waals surface area contributed by atoms with Crippen molar-refractivity contribution >= 4 is 35.0 Å². The maximum absolute atomic E-state index is 13.3. The van der Waals surface area contributed by atoms with E-state index in [2.05, 4.69) is 16.0 Å². The molecule has 5 nitrogen and oxygen atoms in total. The average Bonchev–Trinajstić information content (AvgIpc) is 2.78. The zero-order valence-corrected chi connectivity index (χ0v) is 18.5. The molecule has 4 rings (SSSR count). The standard InChI is InChI=1S/C25H24FN3O2S/c1-16-5-7-17(8-6-16)13-27-24(30)19-9-10-21-22(12-19)29-25(31)23(28-21)15-32-14-18-3-2-4-20(26)11-18/h2-12,23,28H,13-15H2,1H3,(H,27,30)(H,29,31). The molecule has 0 spiro atoms. The van der Waals surface area contributed by atoms with Crippen LogP contribution >= 0.6 is 11.8 Å². The Kier molecular flexibility index (Phi) is 6.75. The van der Waals surface area contributed by atoms with Crippen LogP contribution < -0.4 is 16.0 Å². The first-order chi connectivity index (χ1) is 15.5. The molecule has 3 aromatic rings. The Labute approximate surface area is 190 Å². The molecule has 1 unspecified atom stereocenters. The summed E-state index contributed by atoms with van der Waals surface area (Å²) >= 11 is 1.56. The molecule has 0 radical (unpaired) electrons. The van der Waals surface area contributed by atoms with Crippen LogP contribution in [0.1, 0.15) is 27.0 Å². The van der Waals surface area contributed by atoms with Crippen molar-refractivity contribution in [2.75, 3.05) is 16.4 Å². The van der Waals surface area contributed by atoms with Crippen LogP contribution in [0.4, 0.5) is 15.8 Å². The molecule has 0 aromatic heterocycles. The number of thioether (sulfide) groups is 1. The van der Waals surface area contributed by atoms with Crippen LogP contribution in [0.25, 0.3) is 0 Å². The van der Waals surface area contributed by atoms with E-state index in [1.54, 1.807) is 36.0 Å². The number of aryl methyl sites for hydroxylation is 1. The van der Waals surface area contributed by atoms with Crippen molar-refractivity contribution in [2.24, 2.45) is 0 Å². The molecule has 1 aliphatic rings. The first kappa shape index (κ1) is 21.9. The van der Waals surface area contributed by atoms with Crippen molar-refractivity contribution in [2.45, 2.75) is 25.3 Å². The summed E-state index contributed by atoms with van der Waals surface area (Å²) in [4.78, 5) is 25.1. The minimum Gasteiger partial charge on any atom is -0.371 e. The molecule has 1 heterocycles. The lowest BCUT2D eigenvalue weighted by Gasteiger charge is -2.27. The Balaban J connectivity index is 1.33. The summed E-state index contributed by atoms with van der Waals surface area (Å²) in [5.74, 6) is 0.553. The van der Waals surface area contributed by atoms with Crippen LogP contribution in [0, 0.1) is 12.7 Å². The number of hydrogen-bond donors (Lipinski definition) is 3.